The quantitative estimate of drug-likeness (QED) is 0.575. The lowest BCUT2D eigenvalue weighted by Crippen LogP contribution is -2.23. The summed E-state index contributed by atoms with van der Waals surface area (Å²) >= 11 is 3.32. The summed E-state index contributed by atoms with van der Waals surface area (Å²) < 4.78 is 13.6. The van der Waals surface area contributed by atoms with Gasteiger partial charge >= 0.3 is 0 Å². The van der Waals surface area contributed by atoms with Crippen LogP contribution in [0.3, 0.4) is 0 Å². The second-order valence-corrected chi connectivity index (χ2v) is 6.65. The monoisotopic (exact) mass is 430 g/mol. The molecule has 3 N–H and O–H groups in total. The van der Waals surface area contributed by atoms with Gasteiger partial charge < -0.3 is 10.6 Å². The lowest BCUT2D eigenvalue weighted by atomic mass is 10.1. The Bertz CT molecular complexity index is 986. The van der Waals surface area contributed by atoms with Crippen LogP contribution in [0.15, 0.2) is 53.0 Å². The minimum absolute atomic E-state index is 0.275. The summed E-state index contributed by atoms with van der Waals surface area (Å²) in [6, 6.07) is 12.4. The van der Waals surface area contributed by atoms with E-state index < -0.39 is 5.82 Å². The molecule has 0 spiro atoms. The minimum atomic E-state index is -0.400. The zero-order chi connectivity index (χ0) is 19.4. The van der Waals surface area contributed by atoms with Gasteiger partial charge in [-0.25, -0.2) is 4.39 Å². The first-order valence-corrected chi connectivity index (χ1v) is 8.88. The first kappa shape index (κ1) is 18.8. The number of amides is 2. The molecule has 2 amide bonds. The summed E-state index contributed by atoms with van der Waals surface area (Å²) in [5.41, 5.74) is 2.80. The maximum atomic E-state index is 13.0. The fourth-order valence-electron chi connectivity index (χ4n) is 2.40. The molecule has 1 heterocycles. The molecular formula is C19H16BrFN4O2. The molecule has 1 aromatic heterocycles. The highest BCUT2D eigenvalue weighted by atomic mass is 79.9. The van der Waals surface area contributed by atoms with Crippen LogP contribution in [0.25, 0.3) is 0 Å². The van der Waals surface area contributed by atoms with Crippen LogP contribution >= 0.6 is 15.9 Å². The Balaban J connectivity index is 1.63. The lowest BCUT2D eigenvalue weighted by Gasteiger charge is -2.08. The van der Waals surface area contributed by atoms with Crippen molar-refractivity contribution in [3.8, 4) is 0 Å². The number of H-pyrrole nitrogens is 1. The van der Waals surface area contributed by atoms with Crippen molar-refractivity contribution >= 4 is 33.4 Å². The van der Waals surface area contributed by atoms with Crippen molar-refractivity contribution in [1.29, 1.82) is 0 Å². The van der Waals surface area contributed by atoms with Crippen LogP contribution in [0.4, 0.5) is 10.1 Å². The Hall–Kier alpha value is -3.00. The van der Waals surface area contributed by atoms with Crippen molar-refractivity contribution < 1.29 is 14.0 Å². The fourth-order valence-corrected chi connectivity index (χ4v) is 2.75. The summed E-state index contributed by atoms with van der Waals surface area (Å²) in [6.07, 6.45) is 0. The highest BCUT2D eigenvalue weighted by Crippen LogP contribution is 2.18. The van der Waals surface area contributed by atoms with Crippen molar-refractivity contribution in [3.63, 3.8) is 0 Å². The van der Waals surface area contributed by atoms with Gasteiger partial charge in [0.25, 0.3) is 11.8 Å². The normalized spacial score (nSPS) is 10.5. The van der Waals surface area contributed by atoms with E-state index in [1.54, 1.807) is 25.1 Å². The van der Waals surface area contributed by atoms with Gasteiger partial charge in [0.2, 0.25) is 0 Å². The summed E-state index contributed by atoms with van der Waals surface area (Å²) in [4.78, 5) is 24.4. The summed E-state index contributed by atoms with van der Waals surface area (Å²) in [5.74, 6) is -1.05. The van der Waals surface area contributed by atoms with E-state index in [4.69, 9.17) is 0 Å². The van der Waals surface area contributed by atoms with Gasteiger partial charge in [-0.05, 0) is 64.8 Å². The Morgan fingerprint density at radius 3 is 2.56 bits per heavy atom. The zero-order valence-electron chi connectivity index (χ0n) is 14.3. The van der Waals surface area contributed by atoms with Gasteiger partial charge in [-0.1, -0.05) is 12.1 Å². The number of nitrogens with one attached hydrogen (secondary N) is 3. The number of rotatable bonds is 5. The van der Waals surface area contributed by atoms with Gasteiger partial charge in [0.15, 0.2) is 5.69 Å². The van der Waals surface area contributed by atoms with E-state index in [9.17, 15) is 14.0 Å². The van der Waals surface area contributed by atoms with E-state index in [0.717, 1.165) is 11.3 Å². The molecule has 0 atom stereocenters. The third kappa shape index (κ3) is 4.59. The maximum Gasteiger partial charge on any atom is 0.273 e. The van der Waals surface area contributed by atoms with Crippen molar-refractivity contribution in [2.45, 2.75) is 13.5 Å². The molecule has 6 nitrogen and oxygen atoms in total. The molecule has 0 aliphatic heterocycles. The average molecular weight is 431 g/mol. The van der Waals surface area contributed by atoms with E-state index in [0.29, 0.717) is 15.7 Å². The Morgan fingerprint density at radius 2 is 1.89 bits per heavy atom. The predicted molar refractivity (Wildman–Crippen MR) is 103 cm³/mol. The molecule has 3 rings (SSSR count). The van der Waals surface area contributed by atoms with Gasteiger partial charge in [-0.2, -0.15) is 5.10 Å². The SMILES string of the molecule is Cc1[nH]nc(C(=O)NCc2cccc(NC(=O)c3ccc(F)cc3)c2)c1Br. The summed E-state index contributed by atoms with van der Waals surface area (Å²) in [6.45, 7) is 2.08. The minimum Gasteiger partial charge on any atom is -0.347 e. The van der Waals surface area contributed by atoms with E-state index in [2.05, 4.69) is 36.8 Å². The number of aromatic nitrogens is 2. The fraction of sp³-hybridized carbons (Fsp3) is 0.105. The van der Waals surface area contributed by atoms with Crippen LogP contribution in [0.5, 0.6) is 0 Å². The third-order valence-corrected chi connectivity index (χ3v) is 4.80. The molecule has 2 aromatic carbocycles. The van der Waals surface area contributed by atoms with Crippen LogP contribution in [0.1, 0.15) is 32.1 Å². The average Bonchev–Trinajstić information content (AvgIpc) is 2.99. The molecule has 0 radical (unpaired) electrons. The van der Waals surface area contributed by atoms with Gasteiger partial charge in [0, 0.05) is 23.5 Å². The molecular weight excluding hydrogens is 415 g/mol. The first-order valence-electron chi connectivity index (χ1n) is 8.08. The largest absolute Gasteiger partial charge is 0.347 e. The van der Waals surface area contributed by atoms with Gasteiger partial charge in [-0.15, -0.1) is 0 Å². The van der Waals surface area contributed by atoms with Gasteiger partial charge in [0.1, 0.15) is 5.82 Å². The molecule has 138 valence electrons. The Morgan fingerprint density at radius 1 is 1.15 bits per heavy atom. The van der Waals surface area contributed by atoms with E-state index in [-0.39, 0.29) is 24.1 Å². The number of nitrogens with zero attached hydrogens (tertiary/aromatic N) is 1. The molecule has 0 aliphatic rings. The first-order chi connectivity index (χ1) is 12.9. The molecule has 27 heavy (non-hydrogen) atoms. The van der Waals surface area contributed by atoms with Crippen LogP contribution in [-0.4, -0.2) is 22.0 Å². The van der Waals surface area contributed by atoms with Crippen molar-refractivity contribution in [2.75, 3.05) is 5.32 Å². The number of aryl methyl sites for hydroxylation is 1. The Kier molecular flexibility index (Phi) is 5.66. The zero-order valence-corrected chi connectivity index (χ0v) is 15.9. The molecule has 0 saturated heterocycles. The van der Waals surface area contributed by atoms with Crippen LogP contribution in [0.2, 0.25) is 0 Å². The van der Waals surface area contributed by atoms with Crippen molar-refractivity contribution in [2.24, 2.45) is 0 Å². The molecule has 0 bridgehead atoms. The van der Waals surface area contributed by atoms with Crippen LogP contribution < -0.4 is 10.6 Å². The molecule has 0 aliphatic carbocycles. The number of hydrogen-bond acceptors (Lipinski definition) is 3. The topological polar surface area (TPSA) is 86.9 Å². The van der Waals surface area contributed by atoms with Crippen LogP contribution in [-0.2, 0) is 6.54 Å². The number of aromatic amines is 1. The highest BCUT2D eigenvalue weighted by Gasteiger charge is 2.15. The second kappa shape index (κ2) is 8.13. The van der Waals surface area contributed by atoms with Crippen molar-refractivity contribution in [3.05, 3.63) is 81.3 Å². The molecule has 3 aromatic rings. The van der Waals surface area contributed by atoms with Crippen LogP contribution in [0, 0.1) is 12.7 Å². The molecule has 0 fully saturated rings. The highest BCUT2D eigenvalue weighted by molar-refractivity contribution is 9.10. The number of benzene rings is 2. The predicted octanol–water partition coefficient (Wildman–Crippen LogP) is 3.80. The molecule has 0 unspecified atom stereocenters. The smallest absolute Gasteiger partial charge is 0.273 e. The maximum absolute atomic E-state index is 13.0. The van der Waals surface area contributed by atoms with Gasteiger partial charge in [-0.3, -0.25) is 14.7 Å². The number of carbonyl (C=O) groups is 2. The third-order valence-electron chi connectivity index (χ3n) is 3.83. The van der Waals surface area contributed by atoms with E-state index in [1.165, 1.54) is 24.3 Å². The lowest BCUT2D eigenvalue weighted by molar-refractivity contribution is 0.0944. The number of hydrogen-bond donors (Lipinski definition) is 3. The standard InChI is InChI=1S/C19H16BrFN4O2/c1-11-16(20)17(25-24-11)19(27)22-10-12-3-2-4-15(9-12)23-18(26)13-5-7-14(21)8-6-13/h2-9H,10H2,1H3,(H,22,27)(H,23,26)(H,24,25). The molecule has 0 saturated carbocycles. The summed E-state index contributed by atoms with van der Waals surface area (Å²) in [7, 11) is 0. The molecule has 8 heteroatoms. The second-order valence-electron chi connectivity index (χ2n) is 5.86. The number of carbonyl (C=O) groups excluding carboxylic acids is 2. The summed E-state index contributed by atoms with van der Waals surface area (Å²) in [5, 5.41) is 12.2. The number of halogens is 2. The van der Waals surface area contributed by atoms with Gasteiger partial charge in [0.05, 0.1) is 4.47 Å². The van der Waals surface area contributed by atoms with Crippen molar-refractivity contribution in [1.82, 2.24) is 15.5 Å². The van der Waals surface area contributed by atoms with E-state index >= 15 is 0 Å². The van der Waals surface area contributed by atoms with E-state index in [1.807, 2.05) is 6.07 Å². The number of anilines is 1. The Labute approximate surface area is 163 Å².